The summed E-state index contributed by atoms with van der Waals surface area (Å²) >= 11 is 1.07. The molecule has 33 heavy (non-hydrogen) atoms. The first-order valence-electron chi connectivity index (χ1n) is 10.2. The van der Waals surface area contributed by atoms with E-state index in [1.165, 1.54) is 29.8 Å². The Balaban J connectivity index is 2.28. The second-order valence-corrected chi connectivity index (χ2v) is 9.19. The Bertz CT molecular complexity index is 1310. The van der Waals surface area contributed by atoms with Crippen molar-refractivity contribution >= 4 is 27.5 Å². The lowest BCUT2D eigenvalue weighted by atomic mass is 10.0. The van der Waals surface area contributed by atoms with Crippen LogP contribution in [-0.2, 0) is 37.5 Å². The fourth-order valence-corrected chi connectivity index (χ4v) is 4.99. The number of carbonyl (C=O) groups is 1. The number of benzene rings is 1. The molecule has 0 aliphatic carbocycles. The molecule has 0 radical (unpaired) electrons. The zero-order valence-electron chi connectivity index (χ0n) is 18.3. The summed E-state index contributed by atoms with van der Waals surface area (Å²) in [5.41, 5.74) is -1.54. The van der Waals surface area contributed by atoms with Gasteiger partial charge in [0.1, 0.15) is 11.4 Å². The number of hydrogen-bond acceptors (Lipinski definition) is 5. The first-order valence-corrected chi connectivity index (χ1v) is 11.0. The van der Waals surface area contributed by atoms with Gasteiger partial charge in [-0.05, 0) is 17.5 Å². The maximum absolute atomic E-state index is 13.6. The molecule has 1 amide bonds. The lowest BCUT2D eigenvalue weighted by Gasteiger charge is -2.13. The number of hydrogen-bond donors (Lipinski definition) is 2. The zero-order chi connectivity index (χ0) is 24.5. The summed E-state index contributed by atoms with van der Waals surface area (Å²) in [5, 5.41) is 11.7. The van der Waals surface area contributed by atoms with Crippen molar-refractivity contribution in [1.82, 2.24) is 14.5 Å². The summed E-state index contributed by atoms with van der Waals surface area (Å²) in [7, 11) is 1.34. The topological polar surface area (TPSA) is 93.3 Å². The molecule has 178 valence electrons. The Hall–Kier alpha value is -2.92. The van der Waals surface area contributed by atoms with Gasteiger partial charge >= 0.3 is 11.9 Å². The van der Waals surface area contributed by atoms with Crippen molar-refractivity contribution in [3.05, 3.63) is 66.7 Å². The van der Waals surface area contributed by atoms with E-state index in [0.717, 1.165) is 22.0 Å². The van der Waals surface area contributed by atoms with E-state index in [1.54, 1.807) is 0 Å². The summed E-state index contributed by atoms with van der Waals surface area (Å²) in [6, 6.07) is 5.15. The SMILES string of the molecule is CC(C)Cn1c(=O)n(C)c(=O)c2c(CNC(=O)CO)c(Cc3ccccc3C(F)(F)F)sc21. The largest absolute Gasteiger partial charge is 0.416 e. The lowest BCUT2D eigenvalue weighted by molar-refractivity contribution is -0.138. The van der Waals surface area contributed by atoms with Crippen molar-refractivity contribution in [2.24, 2.45) is 13.0 Å². The fourth-order valence-electron chi connectivity index (χ4n) is 3.65. The predicted molar refractivity (Wildman–Crippen MR) is 119 cm³/mol. The number of rotatable bonds is 7. The molecule has 2 heterocycles. The number of thiophene rings is 1. The molecule has 2 aromatic heterocycles. The number of aromatic nitrogens is 2. The molecule has 0 fully saturated rings. The molecular formula is C22H24F3N3O4S. The van der Waals surface area contributed by atoms with E-state index >= 15 is 0 Å². The Kier molecular flexibility index (Phi) is 7.13. The fraction of sp³-hybridized carbons (Fsp3) is 0.409. The van der Waals surface area contributed by atoms with Crippen LogP contribution < -0.4 is 16.6 Å². The third-order valence-corrected chi connectivity index (χ3v) is 6.44. The highest BCUT2D eigenvalue weighted by molar-refractivity contribution is 7.18. The minimum absolute atomic E-state index is 0.0147. The summed E-state index contributed by atoms with van der Waals surface area (Å²) in [6.07, 6.45) is -4.70. The predicted octanol–water partition coefficient (Wildman–Crippen LogP) is 2.64. The van der Waals surface area contributed by atoms with Gasteiger partial charge in [0.05, 0.1) is 10.9 Å². The average Bonchev–Trinajstić information content (AvgIpc) is 3.10. The van der Waals surface area contributed by atoms with E-state index in [9.17, 15) is 27.6 Å². The molecule has 3 aromatic rings. The average molecular weight is 484 g/mol. The third-order valence-electron chi connectivity index (χ3n) is 5.18. The highest BCUT2D eigenvalue weighted by Gasteiger charge is 2.33. The number of alkyl halides is 3. The molecule has 0 unspecified atom stereocenters. The quantitative estimate of drug-likeness (QED) is 0.540. The van der Waals surface area contributed by atoms with Crippen LogP contribution in [0.4, 0.5) is 13.2 Å². The van der Waals surface area contributed by atoms with Crippen molar-refractivity contribution in [3.63, 3.8) is 0 Å². The number of nitrogens with zero attached hydrogens (tertiary/aromatic N) is 2. The second kappa shape index (κ2) is 9.52. The summed E-state index contributed by atoms with van der Waals surface area (Å²) < 4.78 is 43.1. The van der Waals surface area contributed by atoms with Crippen LogP contribution in [0.1, 0.15) is 35.4 Å². The van der Waals surface area contributed by atoms with Crippen LogP contribution in [0, 0.1) is 5.92 Å². The first kappa shape index (κ1) is 24.7. The monoisotopic (exact) mass is 483 g/mol. The molecule has 0 aliphatic heterocycles. The van der Waals surface area contributed by atoms with Gasteiger partial charge in [0, 0.05) is 37.0 Å². The number of aliphatic hydroxyl groups excluding tert-OH is 1. The third kappa shape index (κ3) is 5.03. The number of halogens is 3. The van der Waals surface area contributed by atoms with Gasteiger partial charge in [0.15, 0.2) is 0 Å². The molecule has 0 aliphatic rings. The molecule has 0 spiro atoms. The van der Waals surface area contributed by atoms with E-state index in [2.05, 4.69) is 5.32 Å². The van der Waals surface area contributed by atoms with Crippen LogP contribution in [0.15, 0.2) is 33.9 Å². The molecule has 11 heteroatoms. The highest BCUT2D eigenvalue weighted by atomic mass is 32.1. The Labute approximate surface area is 191 Å². The van der Waals surface area contributed by atoms with Crippen LogP contribution in [0.5, 0.6) is 0 Å². The van der Waals surface area contributed by atoms with Gasteiger partial charge in [0.2, 0.25) is 5.91 Å². The Morgan fingerprint density at radius 3 is 2.48 bits per heavy atom. The van der Waals surface area contributed by atoms with E-state index in [1.807, 2.05) is 13.8 Å². The molecule has 0 saturated heterocycles. The Morgan fingerprint density at radius 1 is 1.21 bits per heavy atom. The van der Waals surface area contributed by atoms with Crippen molar-refractivity contribution in [2.45, 2.75) is 39.5 Å². The number of fused-ring (bicyclic) bond motifs is 1. The summed E-state index contributed by atoms with van der Waals surface area (Å²) in [4.78, 5) is 38.3. The van der Waals surface area contributed by atoms with Crippen LogP contribution in [0.25, 0.3) is 10.2 Å². The van der Waals surface area contributed by atoms with E-state index in [-0.39, 0.29) is 29.8 Å². The maximum Gasteiger partial charge on any atom is 0.416 e. The lowest BCUT2D eigenvalue weighted by Crippen LogP contribution is -2.38. The van der Waals surface area contributed by atoms with Crippen molar-refractivity contribution in [3.8, 4) is 0 Å². The van der Waals surface area contributed by atoms with Gasteiger partial charge in [-0.2, -0.15) is 13.2 Å². The molecule has 2 N–H and O–H groups in total. The number of carbonyl (C=O) groups excluding carboxylic acids is 1. The number of aliphatic hydroxyl groups is 1. The molecule has 1 aromatic carbocycles. The van der Waals surface area contributed by atoms with Gasteiger partial charge in [-0.25, -0.2) is 4.79 Å². The van der Waals surface area contributed by atoms with E-state index in [0.29, 0.717) is 21.8 Å². The standard InChI is InChI=1S/C22H24F3N3O4S/c1-12(2)10-28-20-18(19(31)27(3)21(28)32)14(9-26-17(30)11-29)16(33-20)8-13-6-4-5-7-15(13)22(23,24)25/h4-7,12,29H,8-11H2,1-3H3,(H,26,30). The van der Waals surface area contributed by atoms with Gasteiger partial charge in [-0.15, -0.1) is 11.3 Å². The highest BCUT2D eigenvalue weighted by Crippen LogP contribution is 2.36. The molecular weight excluding hydrogens is 459 g/mol. The van der Waals surface area contributed by atoms with E-state index in [4.69, 9.17) is 5.11 Å². The van der Waals surface area contributed by atoms with Crippen molar-refractivity contribution in [1.29, 1.82) is 0 Å². The van der Waals surface area contributed by atoms with Crippen LogP contribution in [0.3, 0.4) is 0 Å². The maximum atomic E-state index is 13.6. The molecule has 0 atom stereocenters. The minimum Gasteiger partial charge on any atom is -0.387 e. The smallest absolute Gasteiger partial charge is 0.387 e. The van der Waals surface area contributed by atoms with Crippen LogP contribution >= 0.6 is 11.3 Å². The molecule has 0 bridgehead atoms. The van der Waals surface area contributed by atoms with Crippen LogP contribution in [-0.4, -0.2) is 26.8 Å². The second-order valence-electron chi connectivity index (χ2n) is 8.10. The summed E-state index contributed by atoms with van der Waals surface area (Å²) in [6.45, 7) is 3.17. The Morgan fingerprint density at radius 2 is 1.88 bits per heavy atom. The summed E-state index contributed by atoms with van der Waals surface area (Å²) in [5.74, 6) is -0.624. The van der Waals surface area contributed by atoms with Gasteiger partial charge in [-0.3, -0.25) is 18.7 Å². The minimum atomic E-state index is -4.56. The van der Waals surface area contributed by atoms with Gasteiger partial charge in [-0.1, -0.05) is 32.0 Å². The van der Waals surface area contributed by atoms with Gasteiger partial charge < -0.3 is 10.4 Å². The molecule has 3 rings (SSSR count). The molecule has 0 saturated carbocycles. The van der Waals surface area contributed by atoms with Crippen LogP contribution in [0.2, 0.25) is 0 Å². The first-order chi connectivity index (χ1) is 15.5. The number of nitrogens with one attached hydrogen (secondary N) is 1. The van der Waals surface area contributed by atoms with Gasteiger partial charge in [0.25, 0.3) is 5.56 Å². The molecule has 7 nitrogen and oxygen atoms in total. The van der Waals surface area contributed by atoms with E-state index < -0.39 is 35.5 Å². The van der Waals surface area contributed by atoms with Crippen molar-refractivity contribution in [2.75, 3.05) is 6.61 Å². The normalized spacial score (nSPS) is 12.0. The number of amides is 1. The van der Waals surface area contributed by atoms with Crippen molar-refractivity contribution < 1.29 is 23.1 Å². The zero-order valence-corrected chi connectivity index (χ0v) is 19.1.